The van der Waals surface area contributed by atoms with Gasteiger partial charge in [-0.3, -0.25) is 0 Å². The number of carbonyl (C=O) groups excluding carboxylic acids is 1. The van der Waals surface area contributed by atoms with Gasteiger partial charge in [-0.1, -0.05) is 39.0 Å². The Morgan fingerprint density at radius 1 is 0.913 bits per heavy atom. The number of unbranched alkanes of at least 4 members (excludes halogenated alkanes) is 5. The minimum atomic E-state index is -0.452. The van der Waals surface area contributed by atoms with E-state index in [0.717, 1.165) is 13.1 Å². The van der Waals surface area contributed by atoms with Crippen LogP contribution in [-0.2, 0) is 4.74 Å². The highest BCUT2D eigenvalue weighted by Crippen LogP contribution is 2.17. The summed E-state index contributed by atoms with van der Waals surface area (Å²) in [5.41, 5.74) is -0.684. The molecule has 0 saturated carbocycles. The van der Waals surface area contributed by atoms with E-state index in [1.807, 2.05) is 46.4 Å². The summed E-state index contributed by atoms with van der Waals surface area (Å²) in [6.45, 7) is 16.6. The molecule has 0 spiro atoms. The Morgan fingerprint density at radius 3 is 2.00 bits per heavy atom. The van der Waals surface area contributed by atoms with Crippen LogP contribution in [0.2, 0.25) is 0 Å². The molecule has 0 aliphatic rings. The first kappa shape index (κ1) is 22.2. The molecular weight excluding hydrogens is 288 g/mol. The number of rotatable bonds is 10. The van der Waals surface area contributed by atoms with Gasteiger partial charge >= 0.3 is 6.09 Å². The van der Waals surface area contributed by atoms with E-state index in [9.17, 15) is 4.79 Å². The van der Waals surface area contributed by atoms with E-state index in [-0.39, 0.29) is 11.6 Å². The molecule has 4 nitrogen and oxygen atoms in total. The average Bonchev–Trinajstić information content (AvgIpc) is 2.37. The topological polar surface area (TPSA) is 41.6 Å². The van der Waals surface area contributed by atoms with Crippen molar-refractivity contribution in [2.24, 2.45) is 0 Å². The first-order chi connectivity index (χ1) is 10.6. The van der Waals surface area contributed by atoms with Crippen molar-refractivity contribution >= 4 is 6.09 Å². The molecule has 0 radical (unpaired) electrons. The van der Waals surface area contributed by atoms with Crippen molar-refractivity contribution in [3.8, 4) is 0 Å². The molecule has 138 valence electrons. The van der Waals surface area contributed by atoms with Gasteiger partial charge in [0, 0.05) is 18.6 Å². The lowest BCUT2D eigenvalue weighted by Gasteiger charge is -2.36. The molecule has 0 atom stereocenters. The smallest absolute Gasteiger partial charge is 0.410 e. The third kappa shape index (κ3) is 12.3. The number of ether oxygens (including phenoxy) is 1. The van der Waals surface area contributed by atoms with Crippen molar-refractivity contribution in [2.45, 2.75) is 98.1 Å². The zero-order valence-electron chi connectivity index (χ0n) is 16.6. The quantitative estimate of drug-likeness (QED) is 0.576. The monoisotopic (exact) mass is 328 g/mol. The van der Waals surface area contributed by atoms with Gasteiger partial charge in [-0.2, -0.15) is 0 Å². The van der Waals surface area contributed by atoms with E-state index in [4.69, 9.17) is 4.74 Å². The Bertz CT molecular complexity index is 316. The standard InChI is InChI=1S/C19H40N2O2/c1-8-9-10-11-12-13-14-20-15-16-21(18(2,3)4)17(22)23-19(5,6)7/h20H,8-16H2,1-7H3. The summed E-state index contributed by atoms with van der Waals surface area (Å²) >= 11 is 0. The van der Waals surface area contributed by atoms with E-state index < -0.39 is 5.60 Å². The van der Waals surface area contributed by atoms with Crippen LogP contribution in [-0.4, -0.2) is 41.8 Å². The van der Waals surface area contributed by atoms with Gasteiger partial charge in [-0.15, -0.1) is 0 Å². The summed E-state index contributed by atoms with van der Waals surface area (Å²) in [5, 5.41) is 3.45. The van der Waals surface area contributed by atoms with E-state index in [1.54, 1.807) is 0 Å². The number of nitrogens with one attached hydrogen (secondary N) is 1. The number of hydrogen-bond acceptors (Lipinski definition) is 3. The summed E-state index contributed by atoms with van der Waals surface area (Å²) in [6.07, 6.45) is 7.61. The maximum absolute atomic E-state index is 12.3. The number of nitrogens with zero attached hydrogens (tertiary/aromatic N) is 1. The second kappa shape index (κ2) is 10.9. The van der Waals surface area contributed by atoms with Gasteiger partial charge in [-0.05, 0) is 54.5 Å². The summed E-state index contributed by atoms with van der Waals surface area (Å²) in [5.74, 6) is 0. The van der Waals surface area contributed by atoms with Gasteiger partial charge in [-0.25, -0.2) is 4.79 Å². The van der Waals surface area contributed by atoms with Crippen LogP contribution in [0.1, 0.15) is 87.0 Å². The zero-order chi connectivity index (χ0) is 17.9. The third-order valence-electron chi connectivity index (χ3n) is 3.64. The first-order valence-electron chi connectivity index (χ1n) is 9.29. The molecule has 4 heteroatoms. The van der Waals surface area contributed by atoms with Crippen molar-refractivity contribution in [3.63, 3.8) is 0 Å². The van der Waals surface area contributed by atoms with Gasteiger partial charge in [0.05, 0.1) is 0 Å². The Kier molecular flexibility index (Phi) is 10.5. The largest absolute Gasteiger partial charge is 0.444 e. The van der Waals surface area contributed by atoms with Crippen molar-refractivity contribution in [2.75, 3.05) is 19.6 Å². The highest BCUT2D eigenvalue weighted by atomic mass is 16.6. The lowest BCUT2D eigenvalue weighted by Crippen LogP contribution is -2.50. The molecule has 0 fully saturated rings. The zero-order valence-corrected chi connectivity index (χ0v) is 16.6. The molecule has 0 aliphatic heterocycles. The Balaban J connectivity index is 4.02. The van der Waals surface area contributed by atoms with Gasteiger partial charge < -0.3 is 15.0 Å². The van der Waals surface area contributed by atoms with Crippen molar-refractivity contribution in [1.29, 1.82) is 0 Å². The maximum Gasteiger partial charge on any atom is 0.410 e. The van der Waals surface area contributed by atoms with E-state index in [0.29, 0.717) is 6.54 Å². The average molecular weight is 329 g/mol. The molecule has 0 rings (SSSR count). The van der Waals surface area contributed by atoms with Gasteiger partial charge in [0.2, 0.25) is 0 Å². The van der Waals surface area contributed by atoms with Crippen LogP contribution in [0.3, 0.4) is 0 Å². The van der Waals surface area contributed by atoms with Crippen LogP contribution in [0.15, 0.2) is 0 Å². The van der Waals surface area contributed by atoms with Gasteiger partial charge in [0.15, 0.2) is 0 Å². The Labute approximate surface area is 144 Å². The molecule has 0 unspecified atom stereocenters. The number of hydrogen-bond donors (Lipinski definition) is 1. The fourth-order valence-corrected chi connectivity index (χ4v) is 2.36. The third-order valence-corrected chi connectivity index (χ3v) is 3.64. The minimum Gasteiger partial charge on any atom is -0.444 e. The Morgan fingerprint density at radius 2 is 1.48 bits per heavy atom. The van der Waals surface area contributed by atoms with Crippen molar-refractivity contribution < 1.29 is 9.53 Å². The SMILES string of the molecule is CCCCCCCCNCCN(C(=O)OC(C)(C)C)C(C)(C)C. The van der Waals surface area contributed by atoms with Crippen LogP contribution >= 0.6 is 0 Å². The summed E-state index contributed by atoms with van der Waals surface area (Å²) in [6, 6.07) is 0. The van der Waals surface area contributed by atoms with Gasteiger partial charge in [0.25, 0.3) is 0 Å². The summed E-state index contributed by atoms with van der Waals surface area (Å²) < 4.78 is 5.52. The van der Waals surface area contributed by atoms with Crippen LogP contribution in [0.25, 0.3) is 0 Å². The number of carbonyl (C=O) groups is 1. The molecular formula is C19H40N2O2. The second-order valence-corrected chi connectivity index (χ2v) is 8.32. The molecule has 0 aromatic rings. The summed E-state index contributed by atoms with van der Waals surface area (Å²) in [4.78, 5) is 14.2. The number of amides is 1. The summed E-state index contributed by atoms with van der Waals surface area (Å²) in [7, 11) is 0. The van der Waals surface area contributed by atoms with Crippen molar-refractivity contribution in [1.82, 2.24) is 10.2 Å². The second-order valence-electron chi connectivity index (χ2n) is 8.32. The minimum absolute atomic E-state index is 0.230. The molecule has 0 bridgehead atoms. The molecule has 0 saturated heterocycles. The lowest BCUT2D eigenvalue weighted by molar-refractivity contribution is 0.00665. The highest BCUT2D eigenvalue weighted by Gasteiger charge is 2.30. The predicted molar refractivity (Wildman–Crippen MR) is 98.9 cm³/mol. The van der Waals surface area contributed by atoms with E-state index in [1.165, 1.54) is 38.5 Å². The van der Waals surface area contributed by atoms with Gasteiger partial charge in [0.1, 0.15) is 5.60 Å². The molecule has 1 amide bonds. The predicted octanol–water partition coefficient (Wildman–Crippen LogP) is 4.97. The van der Waals surface area contributed by atoms with Crippen LogP contribution in [0.4, 0.5) is 4.79 Å². The molecule has 0 aromatic carbocycles. The maximum atomic E-state index is 12.3. The van der Waals surface area contributed by atoms with Crippen LogP contribution in [0.5, 0.6) is 0 Å². The van der Waals surface area contributed by atoms with Crippen LogP contribution in [0, 0.1) is 0 Å². The fourth-order valence-electron chi connectivity index (χ4n) is 2.36. The van der Waals surface area contributed by atoms with E-state index >= 15 is 0 Å². The highest BCUT2D eigenvalue weighted by molar-refractivity contribution is 5.69. The molecule has 0 aromatic heterocycles. The van der Waals surface area contributed by atoms with Crippen LogP contribution < -0.4 is 5.32 Å². The van der Waals surface area contributed by atoms with E-state index in [2.05, 4.69) is 12.2 Å². The molecule has 1 N–H and O–H groups in total. The fraction of sp³-hybridized carbons (Fsp3) is 0.947. The first-order valence-corrected chi connectivity index (χ1v) is 9.29. The molecule has 0 aliphatic carbocycles. The normalized spacial score (nSPS) is 12.3. The van der Waals surface area contributed by atoms with Crippen molar-refractivity contribution in [3.05, 3.63) is 0 Å². The molecule has 23 heavy (non-hydrogen) atoms. The molecule has 0 heterocycles. The Hall–Kier alpha value is -0.770. The lowest BCUT2D eigenvalue weighted by atomic mass is 10.1.